The zero-order valence-electron chi connectivity index (χ0n) is 17.7. The van der Waals surface area contributed by atoms with Crippen LogP contribution in [0.3, 0.4) is 0 Å². The summed E-state index contributed by atoms with van der Waals surface area (Å²) in [5.74, 6) is 0.727. The Labute approximate surface area is 196 Å². The molecule has 1 saturated heterocycles. The molecular weight excluding hydrogens is 489 g/mol. The molecule has 3 rings (SSSR count). The highest BCUT2D eigenvalue weighted by molar-refractivity contribution is 14.0. The molecule has 2 aromatic carbocycles. The van der Waals surface area contributed by atoms with Crippen LogP contribution in [0, 0.1) is 0 Å². The van der Waals surface area contributed by atoms with Gasteiger partial charge in [-0.1, -0.05) is 42.5 Å². The van der Waals surface area contributed by atoms with Gasteiger partial charge in [0.2, 0.25) is 0 Å². The molecule has 1 amide bonds. The van der Waals surface area contributed by atoms with Crippen molar-refractivity contribution in [2.24, 2.45) is 4.99 Å². The van der Waals surface area contributed by atoms with Gasteiger partial charge in [0, 0.05) is 45.3 Å². The molecule has 6 nitrogen and oxygen atoms in total. The molecule has 2 aromatic rings. The van der Waals surface area contributed by atoms with Gasteiger partial charge in [0.15, 0.2) is 5.96 Å². The molecule has 0 aromatic heterocycles. The third-order valence-electron chi connectivity index (χ3n) is 5.36. The predicted octanol–water partition coefficient (Wildman–Crippen LogP) is 2.99. The van der Waals surface area contributed by atoms with Crippen LogP contribution in [0.4, 0.5) is 0 Å². The molecule has 0 radical (unpaired) electrons. The summed E-state index contributed by atoms with van der Waals surface area (Å²) in [5, 5.41) is 9.46. The molecular formula is C23H32IN5O. The number of nitrogens with one attached hydrogen (secondary N) is 3. The highest BCUT2D eigenvalue weighted by atomic mass is 127. The summed E-state index contributed by atoms with van der Waals surface area (Å²) in [5.41, 5.74) is 3.13. The highest BCUT2D eigenvalue weighted by Crippen LogP contribution is 2.19. The average Bonchev–Trinajstić information content (AvgIpc) is 3.21. The highest BCUT2D eigenvalue weighted by Gasteiger charge is 2.24. The molecule has 7 heteroatoms. The predicted molar refractivity (Wildman–Crippen MR) is 133 cm³/mol. The summed E-state index contributed by atoms with van der Waals surface area (Å²) in [7, 11) is 3.43. The van der Waals surface area contributed by atoms with Crippen molar-refractivity contribution in [1.82, 2.24) is 20.9 Å². The first-order chi connectivity index (χ1) is 14.2. The fraction of sp³-hybridized carbons (Fsp3) is 0.391. The standard InChI is InChI=1S/C23H31N5O.HI/c1-24-22(29)20-12-10-18(11-13-20)15-26-23(25-2)27-16-21-9-6-14-28(21)17-19-7-4-3-5-8-19;/h3-5,7-8,10-13,21H,6,9,14-17H2,1-2H3,(H,24,29)(H2,25,26,27);1H. The number of halogens is 1. The third kappa shape index (κ3) is 6.98. The number of nitrogens with zero attached hydrogens (tertiary/aromatic N) is 2. The van der Waals surface area contributed by atoms with Crippen molar-refractivity contribution < 1.29 is 4.79 Å². The van der Waals surface area contributed by atoms with Crippen molar-refractivity contribution in [3.05, 3.63) is 71.3 Å². The fourth-order valence-corrected chi connectivity index (χ4v) is 3.69. The van der Waals surface area contributed by atoms with E-state index in [0.29, 0.717) is 18.2 Å². The molecule has 1 aliphatic heterocycles. The smallest absolute Gasteiger partial charge is 0.251 e. The van der Waals surface area contributed by atoms with Crippen molar-refractivity contribution in [2.45, 2.75) is 32.0 Å². The van der Waals surface area contributed by atoms with E-state index in [-0.39, 0.29) is 29.9 Å². The number of likely N-dealkylation sites (tertiary alicyclic amines) is 1. The van der Waals surface area contributed by atoms with Crippen molar-refractivity contribution in [3.8, 4) is 0 Å². The van der Waals surface area contributed by atoms with Crippen LogP contribution in [0.5, 0.6) is 0 Å². The number of aliphatic imine (C=N–C) groups is 1. The van der Waals surface area contributed by atoms with Crippen molar-refractivity contribution in [1.29, 1.82) is 0 Å². The number of rotatable bonds is 7. The van der Waals surface area contributed by atoms with Gasteiger partial charge in [-0.2, -0.15) is 0 Å². The second kappa shape index (κ2) is 12.5. The Balaban J connectivity index is 0.00000320. The zero-order chi connectivity index (χ0) is 20.5. The van der Waals surface area contributed by atoms with E-state index in [1.54, 1.807) is 14.1 Å². The molecule has 1 heterocycles. The molecule has 1 unspecified atom stereocenters. The minimum Gasteiger partial charge on any atom is -0.355 e. The van der Waals surface area contributed by atoms with E-state index >= 15 is 0 Å². The summed E-state index contributed by atoms with van der Waals surface area (Å²) in [6.07, 6.45) is 2.45. The van der Waals surface area contributed by atoms with Crippen LogP contribution in [-0.4, -0.2) is 50.0 Å². The number of carbonyl (C=O) groups is 1. The summed E-state index contributed by atoms with van der Waals surface area (Å²) in [6.45, 7) is 3.68. The molecule has 0 spiro atoms. The van der Waals surface area contributed by atoms with E-state index in [1.807, 2.05) is 24.3 Å². The van der Waals surface area contributed by atoms with Crippen LogP contribution < -0.4 is 16.0 Å². The van der Waals surface area contributed by atoms with E-state index in [4.69, 9.17) is 0 Å². The van der Waals surface area contributed by atoms with Crippen molar-refractivity contribution in [3.63, 3.8) is 0 Å². The molecule has 0 bridgehead atoms. The topological polar surface area (TPSA) is 68.8 Å². The SMILES string of the molecule is CN=C(NCc1ccc(C(=O)NC)cc1)NCC1CCCN1Cc1ccccc1.I. The summed E-state index contributed by atoms with van der Waals surface area (Å²) < 4.78 is 0. The number of guanidine groups is 1. The molecule has 1 aliphatic rings. The minimum absolute atomic E-state index is 0. The largest absolute Gasteiger partial charge is 0.355 e. The van der Waals surface area contributed by atoms with E-state index < -0.39 is 0 Å². The van der Waals surface area contributed by atoms with Gasteiger partial charge in [-0.15, -0.1) is 24.0 Å². The lowest BCUT2D eigenvalue weighted by Gasteiger charge is -2.25. The van der Waals surface area contributed by atoms with Gasteiger partial charge in [0.05, 0.1) is 0 Å². The summed E-state index contributed by atoms with van der Waals surface area (Å²) in [4.78, 5) is 18.5. The fourth-order valence-electron chi connectivity index (χ4n) is 3.69. The molecule has 30 heavy (non-hydrogen) atoms. The maximum absolute atomic E-state index is 11.6. The molecule has 0 saturated carbocycles. The lowest BCUT2D eigenvalue weighted by atomic mass is 10.1. The Kier molecular flexibility index (Phi) is 10.1. The Morgan fingerprint density at radius 2 is 1.80 bits per heavy atom. The van der Waals surface area contributed by atoms with Crippen LogP contribution in [0.15, 0.2) is 59.6 Å². The van der Waals surface area contributed by atoms with Crippen LogP contribution in [0.25, 0.3) is 0 Å². The quantitative estimate of drug-likeness (QED) is 0.298. The van der Waals surface area contributed by atoms with Gasteiger partial charge in [0.25, 0.3) is 5.91 Å². The van der Waals surface area contributed by atoms with Crippen LogP contribution >= 0.6 is 24.0 Å². The third-order valence-corrected chi connectivity index (χ3v) is 5.36. The lowest BCUT2D eigenvalue weighted by Crippen LogP contribution is -2.44. The summed E-state index contributed by atoms with van der Waals surface area (Å²) >= 11 is 0. The van der Waals surface area contributed by atoms with Gasteiger partial charge in [-0.05, 0) is 42.6 Å². The van der Waals surface area contributed by atoms with Gasteiger partial charge in [0.1, 0.15) is 0 Å². The van der Waals surface area contributed by atoms with Gasteiger partial charge in [-0.25, -0.2) is 0 Å². The average molecular weight is 521 g/mol. The van der Waals surface area contributed by atoms with Crippen molar-refractivity contribution in [2.75, 3.05) is 27.2 Å². The van der Waals surface area contributed by atoms with Gasteiger partial charge >= 0.3 is 0 Å². The van der Waals surface area contributed by atoms with Gasteiger partial charge in [-0.3, -0.25) is 14.7 Å². The van der Waals surface area contributed by atoms with Crippen LogP contribution in [-0.2, 0) is 13.1 Å². The summed E-state index contributed by atoms with van der Waals surface area (Å²) in [6, 6.07) is 18.8. The Hall–Kier alpha value is -2.13. The van der Waals surface area contributed by atoms with E-state index in [0.717, 1.165) is 31.2 Å². The number of hydrogen-bond donors (Lipinski definition) is 3. The monoisotopic (exact) mass is 521 g/mol. The van der Waals surface area contributed by atoms with Gasteiger partial charge < -0.3 is 16.0 Å². The maximum Gasteiger partial charge on any atom is 0.251 e. The van der Waals surface area contributed by atoms with Crippen LogP contribution in [0.1, 0.15) is 34.3 Å². The van der Waals surface area contributed by atoms with E-state index in [2.05, 4.69) is 56.2 Å². The first-order valence-corrected chi connectivity index (χ1v) is 10.2. The second-order valence-electron chi connectivity index (χ2n) is 7.33. The Bertz CT molecular complexity index is 810. The number of carbonyl (C=O) groups excluding carboxylic acids is 1. The lowest BCUT2D eigenvalue weighted by molar-refractivity contribution is 0.0963. The molecule has 1 fully saturated rings. The van der Waals surface area contributed by atoms with Crippen LogP contribution in [0.2, 0.25) is 0 Å². The Morgan fingerprint density at radius 3 is 2.47 bits per heavy atom. The van der Waals surface area contributed by atoms with E-state index in [9.17, 15) is 4.79 Å². The second-order valence-corrected chi connectivity index (χ2v) is 7.33. The van der Waals surface area contributed by atoms with E-state index in [1.165, 1.54) is 18.4 Å². The molecule has 0 aliphatic carbocycles. The van der Waals surface area contributed by atoms with Crippen molar-refractivity contribution >= 4 is 35.8 Å². The first-order valence-electron chi connectivity index (χ1n) is 10.2. The Morgan fingerprint density at radius 1 is 1.07 bits per heavy atom. The molecule has 3 N–H and O–H groups in total. The normalized spacial score (nSPS) is 16.6. The molecule has 1 atom stereocenters. The zero-order valence-corrected chi connectivity index (χ0v) is 20.1. The number of hydrogen-bond acceptors (Lipinski definition) is 3. The minimum atomic E-state index is -0.0707. The number of amides is 1. The molecule has 162 valence electrons. The first kappa shape index (κ1) is 24.1. The number of benzene rings is 2. The maximum atomic E-state index is 11.6.